The van der Waals surface area contributed by atoms with Gasteiger partial charge in [-0.3, -0.25) is 23.3 Å². The molecule has 0 saturated carbocycles. The van der Waals surface area contributed by atoms with E-state index in [4.69, 9.17) is 11.6 Å². The number of carbonyl (C=O) groups excluding carboxylic acids is 1. The molecule has 25 heavy (non-hydrogen) atoms. The molecule has 3 rings (SSSR count). The molecule has 0 aliphatic rings. The summed E-state index contributed by atoms with van der Waals surface area (Å²) in [4.78, 5) is 40.5. The third-order valence-corrected chi connectivity index (χ3v) is 4.02. The van der Waals surface area contributed by atoms with Crippen LogP contribution in [0.1, 0.15) is 0 Å². The second-order valence-electron chi connectivity index (χ2n) is 5.40. The number of aryl methyl sites for hydroxylation is 1. The molecule has 0 bridgehead atoms. The van der Waals surface area contributed by atoms with E-state index in [1.54, 1.807) is 0 Å². The van der Waals surface area contributed by atoms with E-state index >= 15 is 0 Å². The normalized spacial score (nSPS) is 11.0. The van der Waals surface area contributed by atoms with Crippen LogP contribution in [0.25, 0.3) is 11.2 Å². The van der Waals surface area contributed by atoms with E-state index in [1.165, 1.54) is 47.5 Å². The van der Waals surface area contributed by atoms with Crippen LogP contribution in [-0.2, 0) is 25.4 Å². The number of nitrogens with one attached hydrogen (secondary N) is 1. The quantitative estimate of drug-likeness (QED) is 0.697. The molecule has 2 aromatic heterocycles. The van der Waals surface area contributed by atoms with E-state index < -0.39 is 23.0 Å². The van der Waals surface area contributed by atoms with Gasteiger partial charge in [0.05, 0.1) is 0 Å². The summed E-state index contributed by atoms with van der Waals surface area (Å²) in [6.45, 7) is -0.292. The Morgan fingerprint density at radius 1 is 1.20 bits per heavy atom. The Morgan fingerprint density at radius 3 is 2.48 bits per heavy atom. The van der Waals surface area contributed by atoms with Gasteiger partial charge in [0.25, 0.3) is 5.56 Å². The number of fused-ring (bicyclic) bond motifs is 1. The lowest BCUT2D eigenvalue weighted by molar-refractivity contribution is -0.116. The van der Waals surface area contributed by atoms with Gasteiger partial charge in [-0.05, 0) is 35.9 Å². The second kappa shape index (κ2) is 6.17. The van der Waals surface area contributed by atoms with Gasteiger partial charge in [0, 0.05) is 19.8 Å². The Labute approximate surface area is 145 Å². The summed E-state index contributed by atoms with van der Waals surface area (Å²) in [5.74, 6) is -0.908. The molecule has 10 heteroatoms. The number of aromatic nitrogens is 4. The molecule has 0 atom stereocenters. The summed E-state index contributed by atoms with van der Waals surface area (Å²) in [5.41, 5.74) is -0.620. The van der Waals surface area contributed by atoms with Crippen molar-refractivity contribution in [1.29, 1.82) is 0 Å². The van der Waals surface area contributed by atoms with Gasteiger partial charge in [-0.15, -0.1) is 0 Å². The van der Waals surface area contributed by atoms with Gasteiger partial charge in [-0.2, -0.15) is 4.98 Å². The third-order valence-electron chi connectivity index (χ3n) is 3.73. The van der Waals surface area contributed by atoms with Gasteiger partial charge < -0.3 is 5.32 Å². The highest BCUT2D eigenvalue weighted by Crippen LogP contribution is 2.16. The van der Waals surface area contributed by atoms with Gasteiger partial charge in [0.15, 0.2) is 11.2 Å². The molecule has 0 radical (unpaired) electrons. The first-order valence-corrected chi connectivity index (χ1v) is 7.54. The molecular formula is C15H13ClFN5O3. The van der Waals surface area contributed by atoms with Crippen molar-refractivity contribution in [2.45, 2.75) is 6.54 Å². The fraction of sp³-hybridized carbons (Fsp3) is 0.200. The van der Waals surface area contributed by atoms with Crippen molar-refractivity contribution in [1.82, 2.24) is 18.7 Å². The zero-order valence-corrected chi connectivity index (χ0v) is 14.0. The van der Waals surface area contributed by atoms with Crippen molar-refractivity contribution in [3.8, 4) is 0 Å². The molecule has 8 nitrogen and oxygen atoms in total. The van der Waals surface area contributed by atoms with Gasteiger partial charge in [-0.25, -0.2) is 9.18 Å². The minimum atomic E-state index is -0.605. The molecule has 3 aromatic rings. The van der Waals surface area contributed by atoms with E-state index in [1.807, 2.05) is 0 Å². The molecule has 130 valence electrons. The molecule has 0 aliphatic heterocycles. The SMILES string of the molecule is Cn1c(=O)c2c(nc(Cl)n2CC(=O)Nc2ccc(F)cc2)n(C)c1=O. The Morgan fingerprint density at radius 2 is 1.84 bits per heavy atom. The first kappa shape index (κ1) is 16.9. The lowest BCUT2D eigenvalue weighted by atomic mass is 10.3. The summed E-state index contributed by atoms with van der Waals surface area (Å²) in [6.07, 6.45) is 0. The summed E-state index contributed by atoms with van der Waals surface area (Å²) in [5, 5.41) is 2.47. The van der Waals surface area contributed by atoms with Crippen molar-refractivity contribution in [2.75, 3.05) is 5.32 Å². The molecule has 2 heterocycles. The number of imidazole rings is 1. The maximum absolute atomic E-state index is 12.9. The Bertz CT molecular complexity index is 1100. The van der Waals surface area contributed by atoms with Crippen LogP contribution >= 0.6 is 11.6 Å². The van der Waals surface area contributed by atoms with Gasteiger partial charge in [0.1, 0.15) is 12.4 Å². The fourth-order valence-corrected chi connectivity index (χ4v) is 2.67. The number of amides is 1. The van der Waals surface area contributed by atoms with Crippen molar-refractivity contribution in [2.24, 2.45) is 14.1 Å². The average molecular weight is 366 g/mol. The number of nitrogens with zero attached hydrogens (tertiary/aromatic N) is 4. The predicted molar refractivity (Wildman–Crippen MR) is 90.3 cm³/mol. The number of anilines is 1. The third kappa shape index (κ3) is 2.93. The molecule has 1 aromatic carbocycles. The lowest BCUT2D eigenvalue weighted by Gasteiger charge is -2.08. The number of hydrogen-bond acceptors (Lipinski definition) is 4. The topological polar surface area (TPSA) is 90.9 Å². The molecule has 0 fully saturated rings. The van der Waals surface area contributed by atoms with E-state index in [0.717, 1.165) is 4.57 Å². The van der Waals surface area contributed by atoms with Gasteiger partial charge >= 0.3 is 5.69 Å². The lowest BCUT2D eigenvalue weighted by Crippen LogP contribution is -2.37. The molecule has 1 amide bonds. The van der Waals surface area contributed by atoms with Crippen LogP contribution in [-0.4, -0.2) is 24.6 Å². The average Bonchev–Trinajstić information content (AvgIpc) is 2.90. The van der Waals surface area contributed by atoms with Crippen LogP contribution in [0.3, 0.4) is 0 Å². The summed E-state index contributed by atoms with van der Waals surface area (Å²) in [7, 11) is 2.78. The summed E-state index contributed by atoms with van der Waals surface area (Å²) in [6, 6.07) is 5.23. The maximum Gasteiger partial charge on any atom is 0.332 e. The fourth-order valence-electron chi connectivity index (χ4n) is 2.44. The molecule has 0 saturated heterocycles. The van der Waals surface area contributed by atoms with Crippen LogP contribution in [0.4, 0.5) is 10.1 Å². The molecule has 0 unspecified atom stereocenters. The Hall–Kier alpha value is -2.94. The zero-order valence-electron chi connectivity index (χ0n) is 13.3. The number of rotatable bonds is 3. The highest BCUT2D eigenvalue weighted by molar-refractivity contribution is 6.29. The smallest absolute Gasteiger partial charge is 0.325 e. The van der Waals surface area contributed by atoms with Crippen LogP contribution in [0.2, 0.25) is 5.28 Å². The maximum atomic E-state index is 12.9. The highest BCUT2D eigenvalue weighted by atomic mass is 35.5. The van der Waals surface area contributed by atoms with Crippen molar-refractivity contribution in [3.63, 3.8) is 0 Å². The van der Waals surface area contributed by atoms with Crippen LogP contribution < -0.4 is 16.6 Å². The molecule has 0 spiro atoms. The number of halogens is 2. The first-order chi connectivity index (χ1) is 11.8. The second-order valence-corrected chi connectivity index (χ2v) is 5.74. The van der Waals surface area contributed by atoms with E-state index in [-0.39, 0.29) is 23.0 Å². The van der Waals surface area contributed by atoms with Crippen LogP contribution in [0.15, 0.2) is 33.9 Å². The number of benzene rings is 1. The molecular weight excluding hydrogens is 353 g/mol. The predicted octanol–water partition coefficient (Wildman–Crippen LogP) is 0.865. The van der Waals surface area contributed by atoms with E-state index in [2.05, 4.69) is 10.3 Å². The molecule has 0 aliphatic carbocycles. The first-order valence-electron chi connectivity index (χ1n) is 7.16. The monoisotopic (exact) mass is 365 g/mol. The van der Waals surface area contributed by atoms with Crippen molar-refractivity contribution in [3.05, 3.63) is 56.2 Å². The minimum Gasteiger partial charge on any atom is -0.325 e. The van der Waals surface area contributed by atoms with Gasteiger partial charge in [-0.1, -0.05) is 0 Å². The summed E-state index contributed by atoms with van der Waals surface area (Å²) < 4.78 is 16.2. The standard InChI is InChI=1S/C15H13ClFN5O3/c1-20-12-11(13(24)21(2)15(20)25)22(14(16)19-12)7-10(23)18-9-5-3-8(17)4-6-9/h3-6H,7H2,1-2H3,(H,18,23). The highest BCUT2D eigenvalue weighted by Gasteiger charge is 2.19. The van der Waals surface area contributed by atoms with Crippen molar-refractivity contribution >= 4 is 34.4 Å². The number of hydrogen-bond donors (Lipinski definition) is 1. The van der Waals surface area contributed by atoms with E-state index in [9.17, 15) is 18.8 Å². The molecule has 1 N–H and O–H groups in total. The largest absolute Gasteiger partial charge is 0.332 e. The van der Waals surface area contributed by atoms with Crippen LogP contribution in [0, 0.1) is 5.82 Å². The van der Waals surface area contributed by atoms with E-state index in [0.29, 0.717) is 5.69 Å². The zero-order chi connectivity index (χ0) is 18.3. The van der Waals surface area contributed by atoms with Gasteiger partial charge in [0.2, 0.25) is 11.2 Å². The summed E-state index contributed by atoms with van der Waals surface area (Å²) >= 11 is 6.04. The Kier molecular flexibility index (Phi) is 4.17. The number of carbonyl (C=O) groups is 1. The van der Waals surface area contributed by atoms with Crippen molar-refractivity contribution < 1.29 is 9.18 Å². The minimum absolute atomic E-state index is 0.0452. The van der Waals surface area contributed by atoms with Crippen LogP contribution in [0.5, 0.6) is 0 Å². The Balaban J connectivity index is 2.00.